The zero-order valence-electron chi connectivity index (χ0n) is 7.31. The molecule has 0 unspecified atom stereocenters. The predicted molar refractivity (Wildman–Crippen MR) is 44.1 cm³/mol. The van der Waals surface area contributed by atoms with E-state index in [1.165, 1.54) is 0 Å². The third kappa shape index (κ3) is 3.65. The van der Waals surface area contributed by atoms with Gasteiger partial charge in [-0.3, -0.25) is 0 Å². The van der Waals surface area contributed by atoms with E-state index in [-0.39, 0.29) is 5.97 Å². The van der Waals surface area contributed by atoms with Gasteiger partial charge in [-0.05, 0) is 13.3 Å². The monoisotopic (exact) mass is 157 g/mol. The van der Waals surface area contributed by atoms with Crippen LogP contribution in [0.2, 0.25) is 0 Å². The number of esters is 1. The smallest absolute Gasteiger partial charge is 0.354 e. The van der Waals surface area contributed by atoms with Crippen LogP contribution in [0.5, 0.6) is 0 Å². The van der Waals surface area contributed by atoms with Crippen LogP contribution in [0, 0.1) is 0 Å². The highest BCUT2D eigenvalue weighted by Crippen LogP contribution is 1.94. The molecule has 0 fully saturated rings. The minimum absolute atomic E-state index is 0.281. The van der Waals surface area contributed by atoms with Crippen molar-refractivity contribution >= 4 is 5.97 Å². The predicted octanol–water partition coefficient (Wildman–Crippen LogP) is 1.06. The lowest BCUT2D eigenvalue weighted by Crippen LogP contribution is -2.18. The Hall–Kier alpha value is -0.990. The van der Waals surface area contributed by atoms with Gasteiger partial charge in [-0.25, -0.2) is 4.79 Å². The van der Waals surface area contributed by atoms with Crippen LogP contribution in [-0.4, -0.2) is 19.6 Å². The summed E-state index contributed by atoms with van der Waals surface area (Å²) >= 11 is 0. The van der Waals surface area contributed by atoms with Gasteiger partial charge in [0.25, 0.3) is 0 Å². The molecule has 3 nitrogen and oxygen atoms in total. The second kappa shape index (κ2) is 5.77. The maximum Gasteiger partial charge on any atom is 0.354 e. The van der Waals surface area contributed by atoms with Crippen molar-refractivity contribution in [2.45, 2.75) is 20.3 Å². The molecule has 0 saturated carbocycles. The molecule has 0 rings (SSSR count). The van der Waals surface area contributed by atoms with Crippen LogP contribution in [-0.2, 0) is 9.53 Å². The van der Waals surface area contributed by atoms with Gasteiger partial charge in [-0.2, -0.15) is 0 Å². The van der Waals surface area contributed by atoms with Crippen molar-refractivity contribution in [2.75, 3.05) is 13.7 Å². The topological polar surface area (TPSA) is 38.3 Å². The van der Waals surface area contributed by atoms with Gasteiger partial charge in [0.2, 0.25) is 0 Å². The SMILES string of the molecule is CCC=C(NC)C(=O)OCC. The van der Waals surface area contributed by atoms with E-state index in [0.29, 0.717) is 12.3 Å². The molecule has 0 heterocycles. The Morgan fingerprint density at radius 3 is 2.55 bits per heavy atom. The Balaban J connectivity index is 4.03. The molecule has 64 valence electrons. The first kappa shape index (κ1) is 10.0. The molecule has 0 aromatic heterocycles. The molecule has 0 amide bonds. The molecule has 0 saturated heterocycles. The number of hydrogen-bond acceptors (Lipinski definition) is 3. The number of nitrogens with one attached hydrogen (secondary N) is 1. The molecule has 0 atom stereocenters. The lowest BCUT2D eigenvalue weighted by molar-refractivity contribution is -0.138. The molecule has 0 aliphatic rings. The summed E-state index contributed by atoms with van der Waals surface area (Å²) in [6.07, 6.45) is 2.63. The minimum atomic E-state index is -0.281. The number of carbonyl (C=O) groups excluding carboxylic acids is 1. The second-order valence-corrected chi connectivity index (χ2v) is 2.00. The highest BCUT2D eigenvalue weighted by molar-refractivity contribution is 5.87. The number of likely N-dealkylation sites (N-methyl/N-ethyl adjacent to an activating group) is 1. The molecular formula is C8H15NO2. The van der Waals surface area contributed by atoms with Crippen LogP contribution in [0.4, 0.5) is 0 Å². The highest BCUT2D eigenvalue weighted by atomic mass is 16.5. The van der Waals surface area contributed by atoms with Gasteiger partial charge in [0.1, 0.15) is 5.70 Å². The van der Waals surface area contributed by atoms with E-state index in [2.05, 4.69) is 5.32 Å². The Bertz CT molecular complexity index is 152. The largest absolute Gasteiger partial charge is 0.461 e. The average molecular weight is 157 g/mol. The van der Waals surface area contributed by atoms with E-state index in [0.717, 1.165) is 6.42 Å². The van der Waals surface area contributed by atoms with Gasteiger partial charge in [-0.1, -0.05) is 13.0 Å². The summed E-state index contributed by atoms with van der Waals surface area (Å²) in [6.45, 7) is 4.18. The Labute approximate surface area is 67.4 Å². The zero-order chi connectivity index (χ0) is 8.69. The number of allylic oxidation sites excluding steroid dienone is 1. The average Bonchev–Trinajstić information content (AvgIpc) is 2.00. The molecule has 0 aliphatic carbocycles. The fourth-order valence-corrected chi connectivity index (χ4v) is 0.700. The fraction of sp³-hybridized carbons (Fsp3) is 0.625. The van der Waals surface area contributed by atoms with Crippen molar-refractivity contribution in [1.82, 2.24) is 5.32 Å². The fourth-order valence-electron chi connectivity index (χ4n) is 0.700. The number of hydrogen-bond donors (Lipinski definition) is 1. The summed E-state index contributed by atoms with van der Waals surface area (Å²) in [7, 11) is 1.71. The van der Waals surface area contributed by atoms with E-state index in [4.69, 9.17) is 4.74 Å². The zero-order valence-corrected chi connectivity index (χ0v) is 7.31. The molecule has 3 heteroatoms. The van der Waals surface area contributed by atoms with Gasteiger partial charge < -0.3 is 10.1 Å². The summed E-state index contributed by atoms with van der Waals surface area (Å²) in [4.78, 5) is 11.0. The number of ether oxygens (including phenoxy) is 1. The maximum absolute atomic E-state index is 11.0. The van der Waals surface area contributed by atoms with Crippen LogP contribution in [0.3, 0.4) is 0 Å². The van der Waals surface area contributed by atoms with Gasteiger partial charge in [0, 0.05) is 7.05 Å². The van der Waals surface area contributed by atoms with Crippen LogP contribution in [0.15, 0.2) is 11.8 Å². The van der Waals surface area contributed by atoms with Crippen LogP contribution >= 0.6 is 0 Å². The van der Waals surface area contributed by atoms with Crippen molar-refractivity contribution in [3.05, 3.63) is 11.8 Å². The van der Waals surface area contributed by atoms with Gasteiger partial charge in [-0.15, -0.1) is 0 Å². The standard InChI is InChI=1S/C8H15NO2/c1-4-6-7(9-3)8(10)11-5-2/h6,9H,4-5H2,1-3H3. The lowest BCUT2D eigenvalue weighted by atomic mass is 10.3. The van der Waals surface area contributed by atoms with Gasteiger partial charge >= 0.3 is 5.97 Å². The van der Waals surface area contributed by atoms with E-state index < -0.39 is 0 Å². The molecule has 0 bridgehead atoms. The molecule has 0 aromatic rings. The van der Waals surface area contributed by atoms with Crippen molar-refractivity contribution in [2.24, 2.45) is 0 Å². The molecule has 0 aromatic carbocycles. The molecule has 0 spiro atoms. The van der Waals surface area contributed by atoms with Crippen LogP contribution < -0.4 is 5.32 Å². The van der Waals surface area contributed by atoms with E-state index in [9.17, 15) is 4.79 Å². The van der Waals surface area contributed by atoms with Crippen LogP contribution in [0.1, 0.15) is 20.3 Å². The molecule has 1 N–H and O–H groups in total. The number of rotatable bonds is 4. The third-order valence-electron chi connectivity index (χ3n) is 1.17. The van der Waals surface area contributed by atoms with Crippen molar-refractivity contribution in [3.8, 4) is 0 Å². The first-order valence-corrected chi connectivity index (χ1v) is 3.81. The van der Waals surface area contributed by atoms with E-state index in [1.807, 2.05) is 6.92 Å². The summed E-state index contributed by atoms with van der Waals surface area (Å²) < 4.78 is 4.78. The lowest BCUT2D eigenvalue weighted by Gasteiger charge is -2.04. The van der Waals surface area contributed by atoms with E-state index >= 15 is 0 Å². The van der Waals surface area contributed by atoms with Crippen molar-refractivity contribution in [1.29, 1.82) is 0 Å². The molecule has 11 heavy (non-hydrogen) atoms. The first-order valence-electron chi connectivity index (χ1n) is 3.81. The summed E-state index contributed by atoms with van der Waals surface area (Å²) in [5, 5.41) is 2.77. The van der Waals surface area contributed by atoms with Gasteiger partial charge in [0.15, 0.2) is 0 Å². The van der Waals surface area contributed by atoms with Crippen molar-refractivity contribution in [3.63, 3.8) is 0 Å². The Kier molecular flexibility index (Phi) is 5.25. The Morgan fingerprint density at radius 2 is 2.18 bits per heavy atom. The molecule has 0 radical (unpaired) electrons. The quantitative estimate of drug-likeness (QED) is 0.490. The van der Waals surface area contributed by atoms with Crippen molar-refractivity contribution < 1.29 is 9.53 Å². The third-order valence-corrected chi connectivity index (χ3v) is 1.17. The molecule has 0 aliphatic heterocycles. The van der Waals surface area contributed by atoms with E-state index in [1.54, 1.807) is 20.0 Å². The number of carbonyl (C=O) groups is 1. The highest BCUT2D eigenvalue weighted by Gasteiger charge is 2.05. The normalized spacial score (nSPS) is 11.0. The second-order valence-electron chi connectivity index (χ2n) is 2.00. The Morgan fingerprint density at radius 1 is 1.55 bits per heavy atom. The summed E-state index contributed by atoms with van der Waals surface area (Å²) in [6, 6.07) is 0. The van der Waals surface area contributed by atoms with Crippen LogP contribution in [0.25, 0.3) is 0 Å². The molecular weight excluding hydrogens is 142 g/mol. The summed E-state index contributed by atoms with van der Waals surface area (Å²) in [5.74, 6) is -0.281. The van der Waals surface area contributed by atoms with Gasteiger partial charge in [0.05, 0.1) is 6.61 Å². The maximum atomic E-state index is 11.0. The minimum Gasteiger partial charge on any atom is -0.461 e. The summed E-state index contributed by atoms with van der Waals surface area (Å²) in [5.41, 5.74) is 0.536. The first-order chi connectivity index (χ1) is 5.26.